The lowest BCUT2D eigenvalue weighted by Crippen LogP contribution is -2.38. The van der Waals surface area contributed by atoms with Crippen LogP contribution in [0.2, 0.25) is 0 Å². The first-order valence-electron chi connectivity index (χ1n) is 8.67. The summed E-state index contributed by atoms with van der Waals surface area (Å²) in [6.45, 7) is 3.90. The number of amides is 1. The fourth-order valence-corrected chi connectivity index (χ4v) is 2.55. The topological polar surface area (TPSA) is 77.2 Å². The zero-order valence-corrected chi connectivity index (χ0v) is 15.7. The maximum Gasteiger partial charge on any atom is 0.412 e. The molecule has 3 rings (SSSR count). The number of rotatable bonds is 6. The summed E-state index contributed by atoms with van der Waals surface area (Å²) in [5.74, 6) is -0.208. The minimum absolute atomic E-state index is 0.0198. The van der Waals surface area contributed by atoms with Crippen molar-refractivity contribution in [3.63, 3.8) is 0 Å². The van der Waals surface area contributed by atoms with Gasteiger partial charge >= 0.3 is 6.18 Å². The van der Waals surface area contributed by atoms with Gasteiger partial charge in [0.05, 0.1) is 0 Å². The molecule has 1 aromatic carbocycles. The van der Waals surface area contributed by atoms with Crippen LogP contribution in [0.3, 0.4) is 0 Å². The molecule has 0 aliphatic rings. The van der Waals surface area contributed by atoms with Gasteiger partial charge in [-0.25, -0.2) is 0 Å². The number of aryl methyl sites for hydroxylation is 2. The van der Waals surface area contributed by atoms with Crippen LogP contribution in [0.1, 0.15) is 39.0 Å². The van der Waals surface area contributed by atoms with Crippen molar-refractivity contribution in [2.45, 2.75) is 32.7 Å². The molecule has 0 bridgehead atoms. The van der Waals surface area contributed by atoms with Crippen molar-refractivity contribution < 1.29 is 27.2 Å². The van der Waals surface area contributed by atoms with Gasteiger partial charge in [-0.15, -0.1) is 0 Å². The number of alkyl halides is 3. The number of hydrogen-bond donors (Lipinski definition) is 1. The van der Waals surface area contributed by atoms with E-state index in [2.05, 4.69) is 10.1 Å². The highest BCUT2D eigenvalue weighted by atomic mass is 19.4. The minimum atomic E-state index is -4.70. The highest BCUT2D eigenvalue weighted by Crippen LogP contribution is 2.32. The molecule has 1 amide bonds. The normalized spacial score (nSPS) is 12.4. The van der Waals surface area contributed by atoms with Gasteiger partial charge in [-0.2, -0.15) is 13.2 Å². The Hall–Kier alpha value is -3.36. The second-order valence-electron chi connectivity index (χ2n) is 6.45. The molecule has 1 N–H and O–H groups in total. The summed E-state index contributed by atoms with van der Waals surface area (Å²) in [6, 6.07) is 7.16. The standard InChI is InChI=1S/C20H18F3N3O3/c1-12-5-6-15(8-13(12)2)28-11-16-9-17(26-29-16)19(27)25-18(20(21,22)23)14-4-3-7-24-10-14/h3-10,18H,11H2,1-2H3,(H,25,27). The van der Waals surface area contributed by atoms with Crippen LogP contribution in [-0.2, 0) is 6.61 Å². The quantitative estimate of drug-likeness (QED) is 0.662. The largest absolute Gasteiger partial charge is 0.486 e. The van der Waals surface area contributed by atoms with Crippen LogP contribution in [-0.4, -0.2) is 22.2 Å². The van der Waals surface area contributed by atoms with Crippen molar-refractivity contribution in [2.24, 2.45) is 0 Å². The maximum absolute atomic E-state index is 13.4. The van der Waals surface area contributed by atoms with Crippen LogP contribution >= 0.6 is 0 Å². The van der Waals surface area contributed by atoms with Crippen LogP contribution in [0.15, 0.2) is 53.3 Å². The van der Waals surface area contributed by atoms with Crippen LogP contribution in [0, 0.1) is 13.8 Å². The van der Waals surface area contributed by atoms with Gasteiger partial charge in [-0.05, 0) is 43.2 Å². The molecular formula is C20H18F3N3O3. The number of nitrogens with zero attached hydrogens (tertiary/aromatic N) is 2. The predicted molar refractivity (Wildman–Crippen MR) is 97.3 cm³/mol. The fraction of sp³-hybridized carbons (Fsp3) is 0.250. The van der Waals surface area contributed by atoms with Gasteiger partial charge in [0.15, 0.2) is 17.5 Å². The number of benzene rings is 1. The molecule has 0 saturated heterocycles. The van der Waals surface area contributed by atoms with E-state index in [0.29, 0.717) is 5.75 Å². The molecule has 0 fully saturated rings. The van der Waals surface area contributed by atoms with E-state index in [1.807, 2.05) is 31.3 Å². The van der Waals surface area contributed by atoms with Gasteiger partial charge in [-0.3, -0.25) is 9.78 Å². The molecule has 0 aliphatic carbocycles. The first-order valence-corrected chi connectivity index (χ1v) is 8.67. The van der Waals surface area contributed by atoms with E-state index in [4.69, 9.17) is 9.26 Å². The summed E-state index contributed by atoms with van der Waals surface area (Å²) in [6.07, 6.45) is -2.31. The first-order chi connectivity index (χ1) is 13.7. The van der Waals surface area contributed by atoms with Gasteiger partial charge in [-0.1, -0.05) is 17.3 Å². The Kier molecular flexibility index (Phi) is 5.86. The highest BCUT2D eigenvalue weighted by molar-refractivity contribution is 5.92. The number of carbonyl (C=O) groups is 1. The van der Waals surface area contributed by atoms with E-state index in [1.165, 1.54) is 24.4 Å². The van der Waals surface area contributed by atoms with Crippen molar-refractivity contribution in [3.05, 3.63) is 76.9 Å². The van der Waals surface area contributed by atoms with Gasteiger partial charge in [0, 0.05) is 24.0 Å². The summed E-state index contributed by atoms with van der Waals surface area (Å²) in [4.78, 5) is 15.9. The number of ether oxygens (including phenoxy) is 1. The molecule has 152 valence electrons. The van der Waals surface area contributed by atoms with Crippen molar-refractivity contribution in [3.8, 4) is 5.75 Å². The van der Waals surface area contributed by atoms with Gasteiger partial charge in [0.1, 0.15) is 12.4 Å². The molecule has 0 spiro atoms. The molecule has 0 saturated carbocycles. The highest BCUT2D eigenvalue weighted by Gasteiger charge is 2.42. The number of hydrogen-bond acceptors (Lipinski definition) is 5. The number of aromatic nitrogens is 2. The fourth-order valence-electron chi connectivity index (χ4n) is 2.55. The molecular weight excluding hydrogens is 387 g/mol. The number of nitrogens with one attached hydrogen (secondary N) is 1. The van der Waals surface area contributed by atoms with E-state index >= 15 is 0 Å². The predicted octanol–water partition coefficient (Wildman–Crippen LogP) is 4.30. The Morgan fingerprint density at radius 2 is 2.00 bits per heavy atom. The summed E-state index contributed by atoms with van der Waals surface area (Å²) in [5.41, 5.74) is 1.70. The van der Waals surface area contributed by atoms with Crippen LogP contribution in [0.5, 0.6) is 5.75 Å². The maximum atomic E-state index is 13.4. The average Bonchev–Trinajstić information content (AvgIpc) is 3.16. The lowest BCUT2D eigenvalue weighted by molar-refractivity contribution is -0.155. The van der Waals surface area contributed by atoms with Crippen LogP contribution in [0.25, 0.3) is 0 Å². The van der Waals surface area contributed by atoms with E-state index < -0.39 is 18.1 Å². The lowest BCUT2D eigenvalue weighted by atomic mass is 10.1. The van der Waals surface area contributed by atoms with Crippen molar-refractivity contribution in [1.29, 1.82) is 0 Å². The van der Waals surface area contributed by atoms with Crippen LogP contribution in [0.4, 0.5) is 13.2 Å². The van der Waals surface area contributed by atoms with Crippen molar-refractivity contribution in [1.82, 2.24) is 15.5 Å². The van der Waals surface area contributed by atoms with Gasteiger partial charge in [0.25, 0.3) is 5.91 Å². The lowest BCUT2D eigenvalue weighted by Gasteiger charge is -2.21. The average molecular weight is 405 g/mol. The summed E-state index contributed by atoms with van der Waals surface area (Å²) < 4.78 is 50.6. The molecule has 0 radical (unpaired) electrons. The second kappa shape index (κ2) is 8.34. The van der Waals surface area contributed by atoms with Crippen molar-refractivity contribution >= 4 is 5.91 Å². The number of carbonyl (C=O) groups excluding carboxylic acids is 1. The molecule has 1 unspecified atom stereocenters. The Labute approximate surface area is 164 Å². The van der Waals surface area contributed by atoms with Crippen molar-refractivity contribution in [2.75, 3.05) is 0 Å². The summed E-state index contributed by atoms with van der Waals surface area (Å²) in [7, 11) is 0. The summed E-state index contributed by atoms with van der Waals surface area (Å²) >= 11 is 0. The molecule has 1 atom stereocenters. The minimum Gasteiger partial charge on any atom is -0.486 e. The first kappa shape index (κ1) is 20.4. The van der Waals surface area contributed by atoms with E-state index in [-0.39, 0.29) is 23.6 Å². The Balaban J connectivity index is 1.67. The van der Waals surface area contributed by atoms with Crippen LogP contribution < -0.4 is 10.1 Å². The molecule has 29 heavy (non-hydrogen) atoms. The molecule has 2 heterocycles. The zero-order chi connectivity index (χ0) is 21.0. The Morgan fingerprint density at radius 1 is 1.21 bits per heavy atom. The molecule has 3 aromatic rings. The zero-order valence-electron chi connectivity index (χ0n) is 15.7. The SMILES string of the molecule is Cc1ccc(OCc2cc(C(=O)NC(c3cccnc3)C(F)(F)F)no2)cc1C. The van der Waals surface area contributed by atoms with E-state index in [0.717, 1.165) is 17.3 Å². The van der Waals surface area contributed by atoms with Gasteiger partial charge < -0.3 is 14.6 Å². The molecule has 9 heteroatoms. The third-order valence-corrected chi connectivity index (χ3v) is 4.27. The third kappa shape index (κ3) is 5.13. The van der Waals surface area contributed by atoms with E-state index in [9.17, 15) is 18.0 Å². The monoisotopic (exact) mass is 405 g/mol. The van der Waals surface area contributed by atoms with Gasteiger partial charge in [0.2, 0.25) is 0 Å². The third-order valence-electron chi connectivity index (χ3n) is 4.27. The Bertz CT molecular complexity index is 987. The second-order valence-corrected chi connectivity index (χ2v) is 6.45. The molecule has 0 aliphatic heterocycles. The number of pyridine rings is 1. The smallest absolute Gasteiger partial charge is 0.412 e. The Morgan fingerprint density at radius 3 is 2.66 bits per heavy atom. The van der Waals surface area contributed by atoms with E-state index in [1.54, 1.807) is 6.07 Å². The summed E-state index contributed by atoms with van der Waals surface area (Å²) in [5, 5.41) is 5.46. The molecule has 2 aromatic heterocycles. The molecule has 6 nitrogen and oxygen atoms in total. The number of halogens is 3.